The number of nitrogens with zero attached hydrogens (tertiary/aromatic N) is 1. The predicted octanol–water partition coefficient (Wildman–Crippen LogP) is 1.73. The van der Waals surface area contributed by atoms with Gasteiger partial charge >= 0.3 is 0 Å². The first kappa shape index (κ1) is 12.2. The summed E-state index contributed by atoms with van der Waals surface area (Å²) < 4.78 is 11.2. The molecule has 100 valence electrons. The standard InChI is InChI=1S/C14H16N2O3/c17-14-12-4-3-11(6-13(12)15-9-16-14)19-8-10-2-1-5-18-7-10/h3-4,6,9-10H,1-2,5,7-8H2,(H,15,16,17). The second-order valence-corrected chi connectivity index (χ2v) is 4.80. The van der Waals surface area contributed by atoms with Crippen LogP contribution < -0.4 is 10.3 Å². The predicted molar refractivity (Wildman–Crippen MR) is 71.4 cm³/mol. The summed E-state index contributed by atoms with van der Waals surface area (Å²) in [7, 11) is 0. The number of H-pyrrole nitrogens is 1. The van der Waals surface area contributed by atoms with Crippen molar-refractivity contribution in [3.05, 3.63) is 34.9 Å². The largest absolute Gasteiger partial charge is 0.493 e. The fourth-order valence-electron chi connectivity index (χ4n) is 2.29. The number of aromatic nitrogens is 2. The van der Waals surface area contributed by atoms with Crippen LogP contribution in [0.1, 0.15) is 12.8 Å². The van der Waals surface area contributed by atoms with Crippen LogP contribution in [0.5, 0.6) is 5.75 Å². The SMILES string of the molecule is O=c1[nH]cnc2cc(OCC3CCCOC3)ccc12. The quantitative estimate of drug-likeness (QED) is 0.912. The maximum Gasteiger partial charge on any atom is 0.258 e. The smallest absolute Gasteiger partial charge is 0.258 e. The molecule has 1 N–H and O–H groups in total. The van der Waals surface area contributed by atoms with Crippen molar-refractivity contribution >= 4 is 10.9 Å². The topological polar surface area (TPSA) is 64.2 Å². The first-order chi connectivity index (χ1) is 9.33. The van der Waals surface area contributed by atoms with Gasteiger partial charge in [-0.25, -0.2) is 4.98 Å². The van der Waals surface area contributed by atoms with E-state index in [0.717, 1.165) is 31.8 Å². The molecule has 1 fully saturated rings. The molecule has 0 bridgehead atoms. The molecule has 1 aromatic carbocycles. The van der Waals surface area contributed by atoms with Gasteiger partial charge in [0, 0.05) is 18.6 Å². The second-order valence-electron chi connectivity index (χ2n) is 4.80. The van der Waals surface area contributed by atoms with Crippen molar-refractivity contribution in [2.45, 2.75) is 12.8 Å². The molecule has 1 aliphatic heterocycles. The minimum atomic E-state index is -0.128. The molecule has 5 nitrogen and oxygen atoms in total. The van der Waals surface area contributed by atoms with E-state index >= 15 is 0 Å². The third-order valence-corrected chi connectivity index (χ3v) is 3.35. The maximum atomic E-state index is 11.5. The number of aromatic amines is 1. The number of fused-ring (bicyclic) bond motifs is 1. The van der Waals surface area contributed by atoms with Crippen molar-refractivity contribution < 1.29 is 9.47 Å². The Morgan fingerprint density at radius 1 is 1.47 bits per heavy atom. The van der Waals surface area contributed by atoms with E-state index in [1.807, 2.05) is 6.07 Å². The molecule has 1 saturated heterocycles. The van der Waals surface area contributed by atoms with Crippen LogP contribution in [0, 0.1) is 5.92 Å². The number of benzene rings is 1. The van der Waals surface area contributed by atoms with Gasteiger partial charge in [-0.05, 0) is 25.0 Å². The molecule has 0 spiro atoms. The second kappa shape index (κ2) is 5.40. The molecule has 1 aliphatic rings. The van der Waals surface area contributed by atoms with Crippen molar-refractivity contribution in [3.63, 3.8) is 0 Å². The Balaban J connectivity index is 1.72. The molecule has 1 atom stereocenters. The summed E-state index contributed by atoms with van der Waals surface area (Å²) in [6.45, 7) is 2.28. The third kappa shape index (κ3) is 2.76. The van der Waals surface area contributed by atoms with E-state index in [1.54, 1.807) is 12.1 Å². The molecule has 1 unspecified atom stereocenters. The van der Waals surface area contributed by atoms with Gasteiger partial charge in [0.05, 0.1) is 30.4 Å². The van der Waals surface area contributed by atoms with Crippen LogP contribution in [0.25, 0.3) is 10.9 Å². The molecular formula is C14H16N2O3. The van der Waals surface area contributed by atoms with Gasteiger partial charge in [0.2, 0.25) is 0 Å². The van der Waals surface area contributed by atoms with Crippen LogP contribution in [0.2, 0.25) is 0 Å². The Hall–Kier alpha value is -1.88. The summed E-state index contributed by atoms with van der Waals surface area (Å²) in [4.78, 5) is 18.2. The number of nitrogens with one attached hydrogen (secondary N) is 1. The van der Waals surface area contributed by atoms with Crippen molar-refractivity contribution in [2.24, 2.45) is 5.92 Å². The van der Waals surface area contributed by atoms with E-state index < -0.39 is 0 Å². The highest BCUT2D eigenvalue weighted by Gasteiger charge is 2.14. The average molecular weight is 260 g/mol. The molecule has 3 rings (SSSR count). The van der Waals surface area contributed by atoms with Gasteiger partial charge in [0.25, 0.3) is 5.56 Å². The Kier molecular flexibility index (Phi) is 3.46. The fourth-order valence-corrected chi connectivity index (χ4v) is 2.29. The summed E-state index contributed by atoms with van der Waals surface area (Å²) in [6, 6.07) is 5.35. The van der Waals surface area contributed by atoms with Crippen molar-refractivity contribution in [3.8, 4) is 5.75 Å². The minimum absolute atomic E-state index is 0.128. The normalized spacial score (nSPS) is 19.5. The van der Waals surface area contributed by atoms with Crippen LogP contribution in [-0.4, -0.2) is 29.8 Å². The van der Waals surface area contributed by atoms with Gasteiger partial charge in [-0.2, -0.15) is 0 Å². The van der Waals surface area contributed by atoms with Gasteiger partial charge in [-0.1, -0.05) is 0 Å². The summed E-state index contributed by atoms with van der Waals surface area (Å²) in [5.41, 5.74) is 0.526. The van der Waals surface area contributed by atoms with Crippen molar-refractivity contribution in [1.82, 2.24) is 9.97 Å². The molecule has 0 saturated carbocycles. The minimum Gasteiger partial charge on any atom is -0.493 e. The van der Waals surface area contributed by atoms with Gasteiger partial charge in [0.15, 0.2) is 0 Å². The molecule has 0 amide bonds. The highest BCUT2D eigenvalue weighted by atomic mass is 16.5. The number of hydrogen-bond donors (Lipinski definition) is 1. The number of hydrogen-bond acceptors (Lipinski definition) is 4. The van der Waals surface area contributed by atoms with E-state index in [4.69, 9.17) is 9.47 Å². The number of rotatable bonds is 3. The molecular weight excluding hydrogens is 244 g/mol. The van der Waals surface area contributed by atoms with Crippen molar-refractivity contribution in [2.75, 3.05) is 19.8 Å². The lowest BCUT2D eigenvalue weighted by Gasteiger charge is -2.22. The Labute approximate surface area is 110 Å². The highest BCUT2D eigenvalue weighted by Crippen LogP contribution is 2.19. The Bertz CT molecular complexity index is 617. The van der Waals surface area contributed by atoms with E-state index in [9.17, 15) is 4.79 Å². The monoisotopic (exact) mass is 260 g/mol. The first-order valence-corrected chi connectivity index (χ1v) is 6.51. The molecule has 19 heavy (non-hydrogen) atoms. The van der Waals surface area contributed by atoms with Gasteiger partial charge < -0.3 is 14.5 Å². The molecule has 1 aromatic heterocycles. The molecule has 2 heterocycles. The summed E-state index contributed by atoms with van der Waals surface area (Å²) in [5.74, 6) is 1.20. The lowest BCUT2D eigenvalue weighted by molar-refractivity contribution is 0.0352. The van der Waals surface area contributed by atoms with Crippen LogP contribution >= 0.6 is 0 Å². The summed E-state index contributed by atoms with van der Waals surface area (Å²) in [5, 5.41) is 0.579. The molecule has 0 aliphatic carbocycles. The van der Waals surface area contributed by atoms with E-state index in [0.29, 0.717) is 23.4 Å². The zero-order valence-corrected chi connectivity index (χ0v) is 10.6. The Morgan fingerprint density at radius 3 is 3.26 bits per heavy atom. The van der Waals surface area contributed by atoms with Crippen LogP contribution in [-0.2, 0) is 4.74 Å². The van der Waals surface area contributed by atoms with Crippen LogP contribution in [0.15, 0.2) is 29.3 Å². The maximum absolute atomic E-state index is 11.5. The van der Waals surface area contributed by atoms with Gasteiger partial charge in [-0.15, -0.1) is 0 Å². The molecule has 5 heteroatoms. The first-order valence-electron chi connectivity index (χ1n) is 6.51. The lowest BCUT2D eigenvalue weighted by atomic mass is 10.0. The van der Waals surface area contributed by atoms with Crippen molar-refractivity contribution in [1.29, 1.82) is 0 Å². The summed E-state index contributed by atoms with van der Waals surface area (Å²) >= 11 is 0. The van der Waals surface area contributed by atoms with Crippen LogP contribution in [0.3, 0.4) is 0 Å². The fraction of sp³-hybridized carbons (Fsp3) is 0.429. The number of ether oxygens (including phenoxy) is 2. The third-order valence-electron chi connectivity index (χ3n) is 3.35. The van der Waals surface area contributed by atoms with E-state index in [-0.39, 0.29) is 5.56 Å². The molecule has 0 radical (unpaired) electrons. The van der Waals surface area contributed by atoms with Crippen LogP contribution in [0.4, 0.5) is 0 Å². The van der Waals surface area contributed by atoms with Gasteiger partial charge in [0.1, 0.15) is 5.75 Å². The lowest BCUT2D eigenvalue weighted by Crippen LogP contribution is -2.23. The van der Waals surface area contributed by atoms with E-state index in [2.05, 4.69) is 9.97 Å². The highest BCUT2D eigenvalue weighted by molar-refractivity contribution is 5.78. The Morgan fingerprint density at radius 2 is 2.42 bits per heavy atom. The zero-order valence-electron chi connectivity index (χ0n) is 10.6. The van der Waals surface area contributed by atoms with Gasteiger partial charge in [-0.3, -0.25) is 4.79 Å². The van der Waals surface area contributed by atoms with E-state index in [1.165, 1.54) is 6.33 Å². The zero-order chi connectivity index (χ0) is 13.1. The average Bonchev–Trinajstić information content (AvgIpc) is 2.46. The molecule has 2 aromatic rings. The summed E-state index contributed by atoms with van der Waals surface area (Å²) in [6.07, 6.45) is 3.65.